The second kappa shape index (κ2) is 15.6. The Bertz CT molecular complexity index is 379. The molecule has 1 aliphatic rings. The van der Waals surface area contributed by atoms with E-state index in [9.17, 15) is 25.5 Å². The number of hydrogen-bond donors (Lipinski definition) is 5. The Morgan fingerprint density at radius 3 is 1.21 bits per heavy atom. The molecule has 1 saturated carbocycles. The number of rotatable bonds is 5. The molecule has 0 radical (unpaired) electrons. The highest BCUT2D eigenvalue weighted by Crippen LogP contribution is 2.49. The van der Waals surface area contributed by atoms with Crippen LogP contribution in [0.2, 0.25) is 0 Å². The molecule has 0 aromatic rings. The Balaban J connectivity index is 2.93. The first-order chi connectivity index (χ1) is 14.2. The van der Waals surface area contributed by atoms with E-state index in [0.717, 1.165) is 32.1 Å². The Hall–Kier alpha value is -0.200. The average molecular weight is 417 g/mol. The van der Waals surface area contributed by atoms with Gasteiger partial charge in [-0.2, -0.15) is 0 Å². The van der Waals surface area contributed by atoms with E-state index < -0.39 is 10.8 Å². The molecule has 0 amide bonds. The monoisotopic (exact) mass is 416 g/mol. The third-order valence-electron chi connectivity index (χ3n) is 7.69. The lowest BCUT2D eigenvalue weighted by Gasteiger charge is -2.51. The largest absolute Gasteiger partial charge is 0.396 e. The molecule has 1 rings (SSSR count). The predicted octanol–water partition coefficient (Wildman–Crippen LogP) is 3.79. The van der Waals surface area contributed by atoms with Crippen LogP contribution in [0.5, 0.6) is 0 Å². The number of aliphatic hydroxyl groups is 5. The van der Waals surface area contributed by atoms with Crippen molar-refractivity contribution in [3.8, 4) is 0 Å². The Morgan fingerprint density at radius 1 is 0.483 bits per heavy atom. The smallest absolute Gasteiger partial charge is 0.0520 e. The molecule has 29 heavy (non-hydrogen) atoms. The van der Waals surface area contributed by atoms with Gasteiger partial charge in [0.05, 0.1) is 26.4 Å². The van der Waals surface area contributed by atoms with Crippen molar-refractivity contribution in [2.45, 2.75) is 103 Å². The van der Waals surface area contributed by atoms with Crippen LogP contribution < -0.4 is 0 Å². The minimum absolute atomic E-state index is 0.150. The van der Waals surface area contributed by atoms with E-state index in [1.54, 1.807) is 0 Å². The van der Waals surface area contributed by atoms with Gasteiger partial charge < -0.3 is 25.5 Å². The molecule has 0 aromatic carbocycles. The molecule has 1 fully saturated rings. The molecule has 1 atom stereocenters. The molecule has 0 bridgehead atoms. The van der Waals surface area contributed by atoms with Gasteiger partial charge >= 0.3 is 0 Å². The average Bonchev–Trinajstić information content (AvgIpc) is 2.76. The summed E-state index contributed by atoms with van der Waals surface area (Å²) >= 11 is 0. The van der Waals surface area contributed by atoms with Crippen LogP contribution >= 0.6 is 0 Å². The fraction of sp³-hybridized carbons (Fsp3) is 1.00. The molecule has 0 aliphatic heterocycles. The van der Waals surface area contributed by atoms with Crippen LogP contribution in [0.3, 0.4) is 0 Å². The van der Waals surface area contributed by atoms with Gasteiger partial charge in [0.25, 0.3) is 0 Å². The first kappa shape index (κ1) is 26.8. The zero-order chi connectivity index (χ0) is 21.4. The van der Waals surface area contributed by atoms with Gasteiger partial charge in [-0.1, -0.05) is 89.9 Å². The van der Waals surface area contributed by atoms with Crippen LogP contribution in [0.15, 0.2) is 0 Å². The summed E-state index contributed by atoms with van der Waals surface area (Å²) in [5.74, 6) is -0.334. The van der Waals surface area contributed by atoms with E-state index in [0.29, 0.717) is 12.8 Å². The summed E-state index contributed by atoms with van der Waals surface area (Å²) in [6.07, 6.45) is 17.8. The molecule has 5 heteroatoms. The normalized spacial score (nSPS) is 26.2. The Labute approximate surface area is 178 Å². The van der Waals surface area contributed by atoms with Crippen molar-refractivity contribution in [2.24, 2.45) is 16.7 Å². The van der Waals surface area contributed by atoms with Crippen LogP contribution in [0.25, 0.3) is 0 Å². The zero-order valence-corrected chi connectivity index (χ0v) is 18.7. The highest BCUT2D eigenvalue weighted by atomic mass is 16.3. The highest BCUT2D eigenvalue weighted by molar-refractivity contribution is 5.01. The molecule has 0 saturated heterocycles. The van der Waals surface area contributed by atoms with Gasteiger partial charge in [0, 0.05) is 17.4 Å². The lowest BCUT2D eigenvalue weighted by Crippen LogP contribution is -2.57. The Morgan fingerprint density at radius 2 is 0.862 bits per heavy atom. The van der Waals surface area contributed by atoms with Crippen molar-refractivity contribution in [1.29, 1.82) is 0 Å². The lowest BCUT2D eigenvalue weighted by atomic mass is 9.55. The van der Waals surface area contributed by atoms with Crippen molar-refractivity contribution in [3.63, 3.8) is 0 Å². The second-order valence-electron chi connectivity index (χ2n) is 9.44. The first-order valence-corrected chi connectivity index (χ1v) is 12.2. The molecule has 0 heterocycles. The summed E-state index contributed by atoms with van der Waals surface area (Å²) in [5.41, 5.74) is -2.05. The van der Waals surface area contributed by atoms with Gasteiger partial charge in [0.15, 0.2) is 0 Å². The summed E-state index contributed by atoms with van der Waals surface area (Å²) in [5, 5.41) is 51.3. The second-order valence-corrected chi connectivity index (χ2v) is 9.44. The molecular weight excluding hydrogens is 368 g/mol. The van der Waals surface area contributed by atoms with Gasteiger partial charge in [0.1, 0.15) is 0 Å². The maximum atomic E-state index is 10.3. The molecular formula is C24H48O5. The molecule has 0 aromatic heterocycles. The lowest BCUT2D eigenvalue weighted by molar-refractivity contribution is -0.159. The fourth-order valence-electron chi connectivity index (χ4n) is 5.37. The van der Waals surface area contributed by atoms with Crippen LogP contribution in [-0.2, 0) is 0 Å². The van der Waals surface area contributed by atoms with E-state index in [-0.39, 0.29) is 39.0 Å². The third-order valence-corrected chi connectivity index (χ3v) is 7.69. The minimum Gasteiger partial charge on any atom is -0.396 e. The van der Waals surface area contributed by atoms with E-state index >= 15 is 0 Å². The van der Waals surface area contributed by atoms with Gasteiger partial charge in [-0.15, -0.1) is 0 Å². The van der Waals surface area contributed by atoms with Crippen molar-refractivity contribution < 1.29 is 25.5 Å². The summed E-state index contributed by atoms with van der Waals surface area (Å²) in [6, 6.07) is 0. The van der Waals surface area contributed by atoms with Crippen molar-refractivity contribution >= 4 is 0 Å². The summed E-state index contributed by atoms with van der Waals surface area (Å²) in [4.78, 5) is 0. The SMILES string of the molecule is OCC1CCCCCCCCCCCCCCCCC(CO)(CO)C1(CO)CO. The van der Waals surface area contributed by atoms with E-state index in [2.05, 4.69) is 0 Å². The van der Waals surface area contributed by atoms with Crippen LogP contribution in [0, 0.1) is 16.7 Å². The first-order valence-electron chi connectivity index (χ1n) is 12.2. The molecule has 1 unspecified atom stereocenters. The maximum absolute atomic E-state index is 10.3. The van der Waals surface area contributed by atoms with Crippen molar-refractivity contribution in [3.05, 3.63) is 0 Å². The Kier molecular flexibility index (Phi) is 14.4. The topological polar surface area (TPSA) is 101 Å². The van der Waals surface area contributed by atoms with Crippen LogP contribution in [-0.4, -0.2) is 58.6 Å². The van der Waals surface area contributed by atoms with E-state index in [1.807, 2.05) is 0 Å². The van der Waals surface area contributed by atoms with Gasteiger partial charge in [0.2, 0.25) is 0 Å². The molecule has 0 spiro atoms. The summed E-state index contributed by atoms with van der Waals surface area (Å²) in [6.45, 7) is -1.41. The standard InChI is InChI=1S/C24H48O5/c25-17-22-15-13-11-9-7-5-3-1-2-4-6-8-10-12-14-16-23(18-26,19-27)24(22,20-28)21-29/h22,25-29H,1-21H2. The fourth-order valence-corrected chi connectivity index (χ4v) is 5.37. The molecule has 1 aliphatic carbocycles. The number of aliphatic hydroxyl groups excluding tert-OH is 5. The van der Waals surface area contributed by atoms with Gasteiger partial charge in [-0.3, -0.25) is 0 Å². The molecule has 174 valence electrons. The van der Waals surface area contributed by atoms with Gasteiger partial charge in [-0.25, -0.2) is 0 Å². The number of hydrogen-bond acceptors (Lipinski definition) is 5. The van der Waals surface area contributed by atoms with Crippen molar-refractivity contribution in [2.75, 3.05) is 33.0 Å². The van der Waals surface area contributed by atoms with Crippen molar-refractivity contribution in [1.82, 2.24) is 0 Å². The van der Waals surface area contributed by atoms with Gasteiger partial charge in [-0.05, 0) is 18.8 Å². The third kappa shape index (κ3) is 7.77. The van der Waals surface area contributed by atoms with Crippen LogP contribution in [0.1, 0.15) is 103 Å². The predicted molar refractivity (Wildman–Crippen MR) is 118 cm³/mol. The molecule has 5 nitrogen and oxygen atoms in total. The van der Waals surface area contributed by atoms with Crippen LogP contribution in [0.4, 0.5) is 0 Å². The highest BCUT2D eigenvalue weighted by Gasteiger charge is 2.53. The quantitative estimate of drug-likeness (QED) is 0.469. The summed E-state index contributed by atoms with van der Waals surface area (Å²) < 4.78 is 0. The summed E-state index contributed by atoms with van der Waals surface area (Å²) in [7, 11) is 0. The molecule has 5 N–H and O–H groups in total. The maximum Gasteiger partial charge on any atom is 0.0520 e. The van der Waals surface area contributed by atoms with E-state index in [4.69, 9.17) is 0 Å². The zero-order valence-electron chi connectivity index (χ0n) is 18.7. The van der Waals surface area contributed by atoms with E-state index in [1.165, 1.54) is 57.8 Å². The minimum atomic E-state index is -1.08.